The molecule has 0 unspecified atom stereocenters. The van der Waals surface area contributed by atoms with Crippen LogP contribution in [0.4, 0.5) is 0 Å². The first-order chi connectivity index (χ1) is 11.7. The van der Waals surface area contributed by atoms with E-state index in [0.717, 1.165) is 30.8 Å². The molecule has 6 heteroatoms. The summed E-state index contributed by atoms with van der Waals surface area (Å²) in [5.74, 6) is 0.922. The molecule has 1 N–H and O–H groups in total. The molecular weight excluding hydrogens is 336 g/mol. The summed E-state index contributed by atoms with van der Waals surface area (Å²) in [5, 5.41) is 7.76. The molecular formula is C19H27ClN4O. The molecule has 0 aliphatic carbocycles. The molecule has 3 rings (SSSR count). The minimum atomic E-state index is 0. The minimum absolute atomic E-state index is 0. The highest BCUT2D eigenvalue weighted by Gasteiger charge is 2.16. The van der Waals surface area contributed by atoms with Gasteiger partial charge in [0, 0.05) is 31.8 Å². The topological polar surface area (TPSA) is 50.2 Å². The van der Waals surface area contributed by atoms with Crippen LogP contribution < -0.4 is 5.32 Å². The van der Waals surface area contributed by atoms with Gasteiger partial charge in [0.25, 0.3) is 0 Å². The molecule has 25 heavy (non-hydrogen) atoms. The van der Waals surface area contributed by atoms with E-state index in [0.29, 0.717) is 18.9 Å². The maximum atomic E-state index is 12.3. The molecule has 0 saturated carbocycles. The van der Waals surface area contributed by atoms with Crippen LogP contribution in [0.1, 0.15) is 31.2 Å². The number of amides is 1. The molecule has 1 aromatic heterocycles. The van der Waals surface area contributed by atoms with Crippen molar-refractivity contribution in [2.75, 3.05) is 20.1 Å². The number of nitrogens with one attached hydrogen (secondary N) is 1. The maximum absolute atomic E-state index is 12.3. The van der Waals surface area contributed by atoms with Gasteiger partial charge >= 0.3 is 0 Å². The maximum Gasteiger partial charge on any atom is 0.222 e. The molecule has 1 aliphatic rings. The standard InChI is InChI=1S/C19H26N4O.ClH/c1-22(19(24)8-7-16-9-11-20-12-10-16)14-17-13-21-23(15-17)18-5-3-2-4-6-18;/h2-6,13,15-16,20H,7-12,14H2,1H3;1H. The number of hydrogen-bond donors (Lipinski definition) is 1. The van der Waals surface area contributed by atoms with Crippen LogP contribution in [0.15, 0.2) is 42.7 Å². The van der Waals surface area contributed by atoms with Crippen molar-refractivity contribution in [3.63, 3.8) is 0 Å². The molecule has 0 radical (unpaired) electrons. The van der Waals surface area contributed by atoms with E-state index in [9.17, 15) is 4.79 Å². The molecule has 1 aromatic carbocycles. The second-order valence-corrected chi connectivity index (χ2v) is 6.61. The van der Waals surface area contributed by atoms with E-state index in [1.54, 1.807) is 0 Å². The van der Waals surface area contributed by atoms with E-state index >= 15 is 0 Å². The number of hydrogen-bond acceptors (Lipinski definition) is 3. The molecule has 2 aromatic rings. The Kier molecular flexibility index (Phi) is 7.47. The van der Waals surface area contributed by atoms with Crippen molar-refractivity contribution < 1.29 is 4.79 Å². The third kappa shape index (κ3) is 5.58. The third-order valence-electron chi connectivity index (χ3n) is 4.73. The Morgan fingerprint density at radius 2 is 2.00 bits per heavy atom. The fraction of sp³-hybridized carbons (Fsp3) is 0.474. The van der Waals surface area contributed by atoms with Crippen molar-refractivity contribution in [3.05, 3.63) is 48.3 Å². The zero-order chi connectivity index (χ0) is 16.8. The summed E-state index contributed by atoms with van der Waals surface area (Å²) < 4.78 is 1.85. The Morgan fingerprint density at radius 1 is 1.28 bits per heavy atom. The zero-order valence-corrected chi connectivity index (χ0v) is 15.5. The van der Waals surface area contributed by atoms with Crippen molar-refractivity contribution in [1.29, 1.82) is 0 Å². The number of carbonyl (C=O) groups is 1. The summed E-state index contributed by atoms with van der Waals surface area (Å²) in [6, 6.07) is 10.0. The van der Waals surface area contributed by atoms with E-state index in [2.05, 4.69) is 10.4 Å². The van der Waals surface area contributed by atoms with Gasteiger partial charge in [0.2, 0.25) is 5.91 Å². The Labute approximate surface area is 155 Å². The van der Waals surface area contributed by atoms with Crippen LogP contribution in [0, 0.1) is 5.92 Å². The van der Waals surface area contributed by atoms with Crippen LogP contribution in [0.5, 0.6) is 0 Å². The fourth-order valence-electron chi connectivity index (χ4n) is 3.21. The summed E-state index contributed by atoms with van der Waals surface area (Å²) in [5.41, 5.74) is 2.08. The Balaban J connectivity index is 0.00000225. The van der Waals surface area contributed by atoms with E-state index in [1.165, 1.54) is 12.8 Å². The number of carbonyl (C=O) groups excluding carboxylic acids is 1. The van der Waals surface area contributed by atoms with E-state index in [-0.39, 0.29) is 18.3 Å². The van der Waals surface area contributed by atoms with Crippen LogP contribution >= 0.6 is 12.4 Å². The Bertz CT molecular complexity index is 652. The molecule has 1 fully saturated rings. The van der Waals surface area contributed by atoms with Crippen LogP contribution in [-0.2, 0) is 11.3 Å². The van der Waals surface area contributed by atoms with Crippen molar-refractivity contribution in [3.8, 4) is 5.69 Å². The van der Waals surface area contributed by atoms with Gasteiger partial charge in [-0.3, -0.25) is 4.79 Å². The molecule has 5 nitrogen and oxygen atoms in total. The van der Waals surface area contributed by atoms with Crippen molar-refractivity contribution >= 4 is 18.3 Å². The van der Waals surface area contributed by atoms with Crippen LogP contribution in [-0.4, -0.2) is 40.7 Å². The van der Waals surface area contributed by atoms with Crippen molar-refractivity contribution in [2.45, 2.75) is 32.2 Å². The fourth-order valence-corrected chi connectivity index (χ4v) is 3.21. The molecule has 0 atom stereocenters. The molecule has 1 saturated heterocycles. The number of aromatic nitrogens is 2. The molecule has 1 amide bonds. The smallest absolute Gasteiger partial charge is 0.222 e. The van der Waals surface area contributed by atoms with Gasteiger partial charge in [-0.25, -0.2) is 4.68 Å². The summed E-state index contributed by atoms with van der Waals surface area (Å²) >= 11 is 0. The predicted molar refractivity (Wildman–Crippen MR) is 102 cm³/mol. The Hall–Kier alpha value is -1.85. The highest BCUT2D eigenvalue weighted by molar-refractivity contribution is 5.85. The van der Waals surface area contributed by atoms with E-state index in [1.807, 2.05) is 59.4 Å². The van der Waals surface area contributed by atoms with Gasteiger partial charge in [-0.2, -0.15) is 5.10 Å². The van der Waals surface area contributed by atoms with Gasteiger partial charge in [0.05, 0.1) is 11.9 Å². The molecule has 0 spiro atoms. The zero-order valence-electron chi connectivity index (χ0n) is 14.7. The van der Waals surface area contributed by atoms with Gasteiger partial charge in [0.15, 0.2) is 0 Å². The molecule has 0 bridgehead atoms. The number of piperidine rings is 1. The number of halogens is 1. The molecule has 1 aliphatic heterocycles. The number of benzene rings is 1. The summed E-state index contributed by atoms with van der Waals surface area (Å²) in [7, 11) is 1.88. The average Bonchev–Trinajstić information content (AvgIpc) is 3.10. The Morgan fingerprint density at radius 3 is 2.72 bits per heavy atom. The van der Waals surface area contributed by atoms with Gasteiger partial charge in [-0.05, 0) is 50.4 Å². The first-order valence-corrected chi connectivity index (χ1v) is 8.76. The van der Waals surface area contributed by atoms with E-state index in [4.69, 9.17) is 0 Å². The number of para-hydroxylation sites is 1. The average molecular weight is 363 g/mol. The monoisotopic (exact) mass is 362 g/mol. The lowest BCUT2D eigenvalue weighted by Crippen LogP contribution is -2.30. The van der Waals surface area contributed by atoms with E-state index < -0.39 is 0 Å². The molecule has 136 valence electrons. The van der Waals surface area contributed by atoms with Gasteiger partial charge < -0.3 is 10.2 Å². The molecule has 2 heterocycles. The van der Waals surface area contributed by atoms with Crippen LogP contribution in [0.25, 0.3) is 5.69 Å². The van der Waals surface area contributed by atoms with Gasteiger partial charge in [-0.15, -0.1) is 12.4 Å². The highest BCUT2D eigenvalue weighted by Crippen LogP contribution is 2.18. The lowest BCUT2D eigenvalue weighted by Gasteiger charge is -2.23. The predicted octanol–water partition coefficient (Wildman–Crippen LogP) is 3.03. The quantitative estimate of drug-likeness (QED) is 0.859. The van der Waals surface area contributed by atoms with Gasteiger partial charge in [0.1, 0.15) is 0 Å². The first-order valence-electron chi connectivity index (χ1n) is 8.76. The summed E-state index contributed by atoms with van der Waals surface area (Å²) in [4.78, 5) is 14.2. The summed E-state index contributed by atoms with van der Waals surface area (Å²) in [6.45, 7) is 2.79. The highest BCUT2D eigenvalue weighted by atomic mass is 35.5. The van der Waals surface area contributed by atoms with Gasteiger partial charge in [-0.1, -0.05) is 18.2 Å². The third-order valence-corrected chi connectivity index (χ3v) is 4.73. The lowest BCUT2D eigenvalue weighted by molar-refractivity contribution is -0.130. The first kappa shape index (κ1) is 19.5. The van der Waals surface area contributed by atoms with Crippen LogP contribution in [0.2, 0.25) is 0 Å². The normalized spacial score (nSPS) is 14.8. The van der Waals surface area contributed by atoms with Crippen molar-refractivity contribution in [2.24, 2.45) is 5.92 Å². The largest absolute Gasteiger partial charge is 0.341 e. The lowest BCUT2D eigenvalue weighted by atomic mass is 9.93. The second kappa shape index (κ2) is 9.59. The SMILES string of the molecule is CN(Cc1cnn(-c2ccccc2)c1)C(=O)CCC1CCNCC1.Cl. The number of nitrogens with zero attached hydrogens (tertiary/aromatic N) is 3. The van der Waals surface area contributed by atoms with Crippen LogP contribution in [0.3, 0.4) is 0 Å². The number of rotatable bonds is 6. The minimum Gasteiger partial charge on any atom is -0.341 e. The summed E-state index contributed by atoms with van der Waals surface area (Å²) in [6.07, 6.45) is 7.87. The second-order valence-electron chi connectivity index (χ2n) is 6.61. The van der Waals surface area contributed by atoms with Crippen molar-refractivity contribution in [1.82, 2.24) is 20.0 Å².